The van der Waals surface area contributed by atoms with Crippen molar-refractivity contribution < 1.29 is 18.1 Å². The van der Waals surface area contributed by atoms with Gasteiger partial charge >= 0.3 is 5.69 Å². The lowest BCUT2D eigenvalue weighted by Crippen LogP contribution is -2.11. The molecule has 0 radical (unpaired) electrons. The lowest BCUT2D eigenvalue weighted by Gasteiger charge is -2.17. The van der Waals surface area contributed by atoms with Crippen molar-refractivity contribution in [3.63, 3.8) is 0 Å². The molecule has 0 fully saturated rings. The largest absolute Gasteiger partial charge is 0.496 e. The van der Waals surface area contributed by atoms with Crippen molar-refractivity contribution in [3.05, 3.63) is 57.6 Å². The van der Waals surface area contributed by atoms with Crippen LogP contribution in [0, 0.1) is 10.1 Å². The van der Waals surface area contributed by atoms with Crippen LogP contribution in [-0.2, 0) is 16.3 Å². The molecule has 2 aromatic carbocycles. The van der Waals surface area contributed by atoms with Gasteiger partial charge in [0.25, 0.3) is 0 Å². The second-order valence-electron chi connectivity index (χ2n) is 5.95. The molecule has 0 amide bonds. The molecule has 1 N–H and O–H groups in total. The Bertz CT molecular complexity index is 940. The maximum Gasteiger partial charge on any atom is 0.310 e. The van der Waals surface area contributed by atoms with Gasteiger partial charge in [-0.1, -0.05) is 18.2 Å². The van der Waals surface area contributed by atoms with Crippen LogP contribution in [0.4, 0.5) is 11.4 Å². The first-order chi connectivity index (χ1) is 11.8. The summed E-state index contributed by atoms with van der Waals surface area (Å²) in [6.45, 7) is 0. The molecule has 0 aliphatic heterocycles. The van der Waals surface area contributed by atoms with Gasteiger partial charge in [-0.2, -0.15) is 0 Å². The number of nitrogens with zero attached hydrogens (tertiary/aromatic N) is 1. The van der Waals surface area contributed by atoms with Gasteiger partial charge in [-0.15, -0.1) is 0 Å². The number of fused-ring (bicyclic) bond motifs is 1. The minimum absolute atomic E-state index is 0.140. The van der Waals surface area contributed by atoms with Crippen LogP contribution >= 0.6 is 0 Å². The predicted octanol–water partition coefficient (Wildman–Crippen LogP) is 3.11. The molecule has 2 aromatic rings. The molecule has 0 saturated carbocycles. The fraction of sp³-hybridized carbons (Fsp3) is 0.294. The van der Waals surface area contributed by atoms with Crippen molar-refractivity contribution in [3.8, 4) is 5.75 Å². The normalized spacial score (nSPS) is 16.3. The second kappa shape index (κ2) is 6.36. The van der Waals surface area contributed by atoms with E-state index in [0.717, 1.165) is 36.0 Å². The van der Waals surface area contributed by atoms with Gasteiger partial charge in [-0.3, -0.25) is 10.1 Å². The molecular weight excluding hydrogens is 344 g/mol. The number of hydrogen-bond acceptors (Lipinski definition) is 6. The first-order valence-electron chi connectivity index (χ1n) is 7.72. The zero-order chi connectivity index (χ0) is 18.2. The Balaban J connectivity index is 2.03. The van der Waals surface area contributed by atoms with Crippen molar-refractivity contribution in [2.45, 2.75) is 23.8 Å². The number of sulfone groups is 1. The number of hydrogen-bond donors (Lipinski definition) is 1. The van der Waals surface area contributed by atoms with Gasteiger partial charge in [0.1, 0.15) is 16.3 Å². The molecule has 7 nitrogen and oxygen atoms in total. The maximum absolute atomic E-state index is 11.9. The monoisotopic (exact) mass is 362 g/mol. The van der Waals surface area contributed by atoms with Crippen molar-refractivity contribution in [1.82, 2.24) is 0 Å². The van der Waals surface area contributed by atoms with Crippen LogP contribution in [0.3, 0.4) is 0 Å². The molecule has 1 aliphatic rings. The number of nitrogens with one attached hydrogen (secondary N) is 1. The van der Waals surface area contributed by atoms with E-state index in [1.54, 1.807) is 7.11 Å². The highest BCUT2D eigenvalue weighted by molar-refractivity contribution is 7.90. The number of nitro benzene ring substituents is 1. The molecule has 0 heterocycles. The van der Waals surface area contributed by atoms with Crippen molar-refractivity contribution in [1.29, 1.82) is 0 Å². The third kappa shape index (κ3) is 3.17. The van der Waals surface area contributed by atoms with E-state index >= 15 is 0 Å². The van der Waals surface area contributed by atoms with E-state index in [2.05, 4.69) is 5.32 Å². The Morgan fingerprint density at radius 3 is 2.60 bits per heavy atom. The highest BCUT2D eigenvalue weighted by atomic mass is 32.2. The summed E-state index contributed by atoms with van der Waals surface area (Å²) in [5.41, 5.74) is 1.87. The summed E-state index contributed by atoms with van der Waals surface area (Å²) in [6.07, 6.45) is 2.50. The van der Waals surface area contributed by atoms with Gasteiger partial charge in [0.2, 0.25) is 0 Å². The number of nitro groups is 1. The number of benzene rings is 2. The minimum Gasteiger partial charge on any atom is -0.496 e. The number of para-hydroxylation sites is 1. The summed E-state index contributed by atoms with van der Waals surface area (Å²) in [6, 6.07) is 9.86. The van der Waals surface area contributed by atoms with Gasteiger partial charge in [0, 0.05) is 6.26 Å². The first-order valence-corrected chi connectivity index (χ1v) is 9.62. The average Bonchev–Trinajstić information content (AvgIpc) is 2.96. The number of anilines is 1. The van der Waals surface area contributed by atoms with Crippen LogP contribution in [0.2, 0.25) is 0 Å². The van der Waals surface area contributed by atoms with Crippen LogP contribution in [0.15, 0.2) is 41.3 Å². The Kier molecular flexibility index (Phi) is 4.38. The van der Waals surface area contributed by atoms with Gasteiger partial charge < -0.3 is 10.1 Å². The first kappa shape index (κ1) is 17.2. The molecule has 25 heavy (non-hydrogen) atoms. The Hall–Kier alpha value is -2.61. The van der Waals surface area contributed by atoms with E-state index in [1.807, 2.05) is 18.2 Å². The molecule has 0 spiro atoms. The summed E-state index contributed by atoms with van der Waals surface area (Å²) in [7, 11) is -2.10. The van der Waals surface area contributed by atoms with Crippen molar-refractivity contribution >= 4 is 21.2 Å². The average molecular weight is 362 g/mol. The summed E-state index contributed by atoms with van der Waals surface area (Å²) < 4.78 is 29.1. The molecule has 1 aliphatic carbocycles. The Morgan fingerprint density at radius 2 is 1.96 bits per heavy atom. The third-order valence-corrected chi connectivity index (χ3v) is 5.49. The minimum atomic E-state index is -3.71. The molecule has 0 saturated heterocycles. The zero-order valence-corrected chi connectivity index (χ0v) is 14.7. The van der Waals surface area contributed by atoms with Crippen molar-refractivity contribution in [2.24, 2.45) is 0 Å². The van der Waals surface area contributed by atoms with E-state index in [-0.39, 0.29) is 16.6 Å². The fourth-order valence-electron chi connectivity index (χ4n) is 3.28. The van der Waals surface area contributed by atoms with Crippen LogP contribution < -0.4 is 10.1 Å². The van der Waals surface area contributed by atoms with E-state index in [0.29, 0.717) is 0 Å². The van der Waals surface area contributed by atoms with Crippen LogP contribution in [0.5, 0.6) is 5.75 Å². The SMILES string of the molecule is COc1cccc2c1CCC2Nc1cccc(S(C)(=O)=O)c1[N+](=O)[O-]. The molecule has 1 atom stereocenters. The summed E-state index contributed by atoms with van der Waals surface area (Å²) in [5, 5.41) is 14.6. The van der Waals surface area contributed by atoms with E-state index < -0.39 is 20.4 Å². The van der Waals surface area contributed by atoms with Crippen LogP contribution in [-0.4, -0.2) is 26.7 Å². The smallest absolute Gasteiger partial charge is 0.310 e. The molecule has 0 bridgehead atoms. The predicted molar refractivity (Wildman–Crippen MR) is 93.9 cm³/mol. The Labute approximate surface area is 145 Å². The van der Waals surface area contributed by atoms with Crippen LogP contribution in [0.25, 0.3) is 0 Å². The highest BCUT2D eigenvalue weighted by Crippen LogP contribution is 2.41. The summed E-state index contributed by atoms with van der Waals surface area (Å²) in [5.74, 6) is 0.793. The van der Waals surface area contributed by atoms with Crippen molar-refractivity contribution in [2.75, 3.05) is 18.7 Å². The number of methoxy groups -OCH3 is 1. The van der Waals surface area contributed by atoms with E-state index in [9.17, 15) is 18.5 Å². The summed E-state index contributed by atoms with van der Waals surface area (Å²) >= 11 is 0. The topological polar surface area (TPSA) is 98.5 Å². The molecule has 3 rings (SSSR count). The standard InChI is InChI=1S/C17H18N2O5S/c1-24-15-7-3-5-11-12(15)9-10-13(11)18-14-6-4-8-16(25(2,22)23)17(14)19(20)21/h3-8,13,18H,9-10H2,1-2H3. The number of rotatable bonds is 5. The quantitative estimate of drug-likeness (QED) is 0.648. The second-order valence-corrected chi connectivity index (χ2v) is 7.93. The lowest BCUT2D eigenvalue weighted by molar-refractivity contribution is -0.386. The third-order valence-electron chi connectivity index (χ3n) is 4.36. The highest BCUT2D eigenvalue weighted by Gasteiger charge is 2.30. The Morgan fingerprint density at radius 1 is 1.24 bits per heavy atom. The maximum atomic E-state index is 11.9. The molecule has 8 heteroatoms. The van der Waals surface area contributed by atoms with Gasteiger partial charge in [-0.25, -0.2) is 8.42 Å². The fourth-order valence-corrected chi connectivity index (χ4v) is 4.14. The molecule has 1 unspecified atom stereocenters. The van der Waals surface area contributed by atoms with Gasteiger partial charge in [0.15, 0.2) is 9.84 Å². The summed E-state index contributed by atoms with van der Waals surface area (Å²) in [4.78, 5) is 10.6. The number of ether oxygens (including phenoxy) is 1. The molecule has 0 aromatic heterocycles. The van der Waals surface area contributed by atoms with E-state index in [1.165, 1.54) is 18.2 Å². The van der Waals surface area contributed by atoms with Gasteiger partial charge in [-0.05, 0) is 42.2 Å². The zero-order valence-electron chi connectivity index (χ0n) is 13.9. The lowest BCUT2D eigenvalue weighted by atomic mass is 10.1. The van der Waals surface area contributed by atoms with E-state index in [4.69, 9.17) is 4.74 Å². The molecular formula is C17H18N2O5S. The van der Waals surface area contributed by atoms with Crippen LogP contribution in [0.1, 0.15) is 23.6 Å². The van der Waals surface area contributed by atoms with Gasteiger partial charge in [0.05, 0.1) is 18.1 Å². The molecule has 132 valence electrons.